The lowest BCUT2D eigenvalue weighted by Crippen LogP contribution is -2.10. The van der Waals surface area contributed by atoms with Crippen LogP contribution in [0.1, 0.15) is 5.56 Å². The van der Waals surface area contributed by atoms with Gasteiger partial charge in [-0.25, -0.2) is 15.8 Å². The molecular formula is C12H11ClN6S. The van der Waals surface area contributed by atoms with E-state index in [0.29, 0.717) is 33.1 Å². The van der Waals surface area contributed by atoms with Crippen LogP contribution in [0.15, 0.2) is 29.4 Å². The molecule has 0 saturated carbocycles. The maximum atomic E-state index is 9.09. The van der Waals surface area contributed by atoms with Crippen LogP contribution in [0.3, 0.4) is 0 Å². The zero-order valence-electron chi connectivity index (χ0n) is 10.5. The predicted octanol–water partition coefficient (Wildman–Crippen LogP) is 2.75. The molecule has 0 aliphatic carbocycles. The van der Waals surface area contributed by atoms with Crippen molar-refractivity contribution < 1.29 is 0 Å². The van der Waals surface area contributed by atoms with Crippen LogP contribution in [-0.2, 0) is 0 Å². The number of hydrazine groups is 1. The molecule has 2 aromatic rings. The Morgan fingerprint density at radius 2 is 2.05 bits per heavy atom. The van der Waals surface area contributed by atoms with E-state index >= 15 is 0 Å². The van der Waals surface area contributed by atoms with Crippen LogP contribution in [0.4, 0.5) is 17.3 Å². The molecule has 0 spiro atoms. The Hall–Kier alpha value is -2.01. The average Bonchev–Trinajstić information content (AvgIpc) is 2.47. The number of hydrogen-bond acceptors (Lipinski definition) is 7. The largest absolute Gasteiger partial charge is 0.339 e. The number of nitriles is 1. The number of nitrogens with one attached hydrogen (secondary N) is 2. The molecule has 1 aromatic heterocycles. The molecule has 0 fully saturated rings. The van der Waals surface area contributed by atoms with Gasteiger partial charge in [0, 0.05) is 11.1 Å². The van der Waals surface area contributed by atoms with Gasteiger partial charge in [0.15, 0.2) is 5.16 Å². The molecule has 0 saturated heterocycles. The Kier molecular flexibility index (Phi) is 4.63. The van der Waals surface area contributed by atoms with Crippen LogP contribution < -0.4 is 16.6 Å². The molecule has 0 aliphatic heterocycles. The zero-order valence-corrected chi connectivity index (χ0v) is 12.1. The Bertz CT molecular complexity index is 647. The molecule has 102 valence electrons. The summed E-state index contributed by atoms with van der Waals surface area (Å²) in [6.07, 6.45) is 1.86. The number of thioether (sulfide) groups is 1. The first-order valence-corrected chi connectivity index (χ1v) is 7.13. The molecule has 2 rings (SSSR count). The summed E-state index contributed by atoms with van der Waals surface area (Å²) in [7, 11) is 0. The Morgan fingerprint density at radius 3 is 2.70 bits per heavy atom. The SMILES string of the molecule is CSc1nc(NN)cc(Nc2cc(Cl)ccc2C#N)n1. The zero-order chi connectivity index (χ0) is 14.5. The summed E-state index contributed by atoms with van der Waals surface area (Å²) in [5.41, 5.74) is 3.52. The third kappa shape index (κ3) is 3.30. The lowest BCUT2D eigenvalue weighted by molar-refractivity contribution is 0.971. The number of benzene rings is 1. The van der Waals surface area contributed by atoms with Crippen molar-refractivity contribution in [1.82, 2.24) is 9.97 Å². The van der Waals surface area contributed by atoms with E-state index in [-0.39, 0.29) is 0 Å². The summed E-state index contributed by atoms with van der Waals surface area (Å²) in [5.74, 6) is 6.37. The highest BCUT2D eigenvalue weighted by molar-refractivity contribution is 7.98. The van der Waals surface area contributed by atoms with Crippen molar-refractivity contribution in [2.24, 2.45) is 5.84 Å². The molecule has 0 bridgehead atoms. The number of anilines is 3. The molecule has 4 N–H and O–H groups in total. The molecule has 20 heavy (non-hydrogen) atoms. The van der Waals surface area contributed by atoms with Crippen LogP contribution in [0.2, 0.25) is 5.02 Å². The van der Waals surface area contributed by atoms with Crippen LogP contribution in [0.25, 0.3) is 0 Å². The van der Waals surface area contributed by atoms with Crippen LogP contribution in [0.5, 0.6) is 0 Å². The first-order valence-electron chi connectivity index (χ1n) is 5.52. The van der Waals surface area contributed by atoms with Gasteiger partial charge in [0.25, 0.3) is 0 Å². The topological polar surface area (TPSA) is 99.6 Å². The fourth-order valence-corrected chi connectivity index (χ4v) is 2.06. The van der Waals surface area contributed by atoms with E-state index < -0.39 is 0 Å². The molecule has 0 aliphatic rings. The fraction of sp³-hybridized carbons (Fsp3) is 0.0833. The summed E-state index contributed by atoms with van der Waals surface area (Å²) in [6, 6.07) is 8.69. The number of halogens is 1. The lowest BCUT2D eigenvalue weighted by Gasteiger charge is -2.10. The minimum Gasteiger partial charge on any atom is -0.339 e. The highest BCUT2D eigenvalue weighted by atomic mass is 35.5. The highest BCUT2D eigenvalue weighted by Crippen LogP contribution is 2.25. The second kappa shape index (κ2) is 6.43. The molecule has 8 heteroatoms. The van der Waals surface area contributed by atoms with Crippen molar-refractivity contribution in [2.75, 3.05) is 17.0 Å². The second-order valence-electron chi connectivity index (χ2n) is 3.70. The maximum absolute atomic E-state index is 9.09. The van der Waals surface area contributed by atoms with Crippen LogP contribution >= 0.6 is 23.4 Å². The lowest BCUT2D eigenvalue weighted by atomic mass is 10.2. The van der Waals surface area contributed by atoms with Gasteiger partial charge in [-0.2, -0.15) is 5.26 Å². The van der Waals surface area contributed by atoms with Crippen molar-refractivity contribution in [1.29, 1.82) is 5.26 Å². The Morgan fingerprint density at radius 1 is 1.30 bits per heavy atom. The summed E-state index contributed by atoms with van der Waals surface area (Å²) in [6.45, 7) is 0. The number of aromatic nitrogens is 2. The van der Waals surface area contributed by atoms with E-state index in [9.17, 15) is 0 Å². The van der Waals surface area contributed by atoms with Crippen molar-refractivity contribution in [3.63, 3.8) is 0 Å². The van der Waals surface area contributed by atoms with Gasteiger partial charge in [-0.15, -0.1) is 0 Å². The minimum atomic E-state index is 0.473. The summed E-state index contributed by atoms with van der Waals surface area (Å²) in [5, 5.41) is 13.2. The van der Waals surface area contributed by atoms with Gasteiger partial charge in [0.05, 0.1) is 11.3 Å². The van der Waals surface area contributed by atoms with Gasteiger partial charge in [-0.1, -0.05) is 23.4 Å². The van der Waals surface area contributed by atoms with E-state index in [1.807, 2.05) is 6.26 Å². The van der Waals surface area contributed by atoms with Gasteiger partial charge in [-0.05, 0) is 24.5 Å². The molecule has 0 amide bonds. The van der Waals surface area contributed by atoms with Crippen molar-refractivity contribution in [2.45, 2.75) is 5.16 Å². The molecule has 6 nitrogen and oxygen atoms in total. The molecule has 0 atom stereocenters. The summed E-state index contributed by atoms with van der Waals surface area (Å²) < 4.78 is 0. The molecule has 1 heterocycles. The van der Waals surface area contributed by atoms with Gasteiger partial charge >= 0.3 is 0 Å². The molecular weight excluding hydrogens is 296 g/mol. The third-order valence-electron chi connectivity index (χ3n) is 2.40. The number of nitrogens with zero attached hydrogens (tertiary/aromatic N) is 3. The van der Waals surface area contributed by atoms with Gasteiger partial charge < -0.3 is 10.7 Å². The first kappa shape index (κ1) is 14.4. The van der Waals surface area contributed by atoms with Crippen LogP contribution in [-0.4, -0.2) is 16.2 Å². The van der Waals surface area contributed by atoms with E-state index in [1.54, 1.807) is 24.3 Å². The predicted molar refractivity (Wildman–Crippen MR) is 81.1 cm³/mol. The van der Waals surface area contributed by atoms with E-state index in [1.165, 1.54) is 11.8 Å². The maximum Gasteiger partial charge on any atom is 0.191 e. The highest BCUT2D eigenvalue weighted by Gasteiger charge is 2.07. The Labute approximate surface area is 125 Å². The van der Waals surface area contributed by atoms with E-state index in [0.717, 1.165) is 0 Å². The third-order valence-corrected chi connectivity index (χ3v) is 3.18. The number of rotatable bonds is 4. The van der Waals surface area contributed by atoms with Crippen LogP contribution in [0, 0.1) is 11.3 Å². The van der Waals surface area contributed by atoms with Gasteiger partial charge in [-0.3, -0.25) is 0 Å². The number of nitrogens with two attached hydrogens (primary N) is 1. The van der Waals surface area contributed by atoms with Gasteiger partial charge in [0.2, 0.25) is 0 Å². The average molecular weight is 307 g/mol. The fourth-order valence-electron chi connectivity index (χ4n) is 1.51. The van der Waals surface area contributed by atoms with E-state index in [2.05, 4.69) is 26.8 Å². The Balaban J connectivity index is 2.39. The standard InChI is InChI=1S/C12H11ClN6S/c1-20-12-17-10(5-11(18-12)19-15)16-9-4-8(13)3-2-7(9)6-14/h2-5H,15H2,1H3,(H2,16,17,18,19). The molecule has 1 aromatic carbocycles. The van der Waals surface area contributed by atoms with Crippen molar-refractivity contribution in [3.05, 3.63) is 34.9 Å². The minimum absolute atomic E-state index is 0.473. The first-order chi connectivity index (χ1) is 9.66. The van der Waals surface area contributed by atoms with Gasteiger partial charge in [0.1, 0.15) is 17.7 Å². The summed E-state index contributed by atoms with van der Waals surface area (Å²) >= 11 is 7.33. The monoisotopic (exact) mass is 306 g/mol. The molecule has 0 unspecified atom stereocenters. The van der Waals surface area contributed by atoms with Crippen molar-refractivity contribution in [3.8, 4) is 6.07 Å². The normalized spacial score (nSPS) is 9.90. The summed E-state index contributed by atoms with van der Waals surface area (Å²) in [4.78, 5) is 8.45. The quantitative estimate of drug-likeness (QED) is 0.345. The number of hydrogen-bond donors (Lipinski definition) is 3. The molecule has 0 radical (unpaired) electrons. The second-order valence-corrected chi connectivity index (χ2v) is 4.91. The smallest absolute Gasteiger partial charge is 0.191 e. The van der Waals surface area contributed by atoms with E-state index in [4.69, 9.17) is 22.7 Å². The number of nitrogen functional groups attached to an aromatic ring is 1. The van der Waals surface area contributed by atoms with Crippen molar-refractivity contribution >= 4 is 40.7 Å².